The zero-order valence-corrected chi connectivity index (χ0v) is 14.7. The standard InChI is InChI=1S/C20H26N2O2/c1-4-24-18-12-10-17(11-13-18)22-19(23)14-21-20(15(2)3)16-8-6-5-7-9-16/h5-13,15,20-21H,4,14H2,1-3H3,(H,22,23)/p+1/t20-/m1/s1. The summed E-state index contributed by atoms with van der Waals surface area (Å²) in [4.78, 5) is 12.2. The van der Waals surface area contributed by atoms with Crippen LogP contribution in [-0.2, 0) is 4.79 Å². The smallest absolute Gasteiger partial charge is 0.279 e. The number of nitrogens with one attached hydrogen (secondary N) is 1. The first-order valence-corrected chi connectivity index (χ1v) is 8.51. The van der Waals surface area contributed by atoms with Crippen LogP contribution in [-0.4, -0.2) is 19.1 Å². The van der Waals surface area contributed by atoms with Gasteiger partial charge < -0.3 is 15.4 Å². The maximum absolute atomic E-state index is 12.2. The van der Waals surface area contributed by atoms with Gasteiger partial charge in [0.15, 0.2) is 6.54 Å². The van der Waals surface area contributed by atoms with Gasteiger partial charge in [0.1, 0.15) is 11.8 Å². The van der Waals surface area contributed by atoms with E-state index >= 15 is 0 Å². The molecule has 0 spiro atoms. The molecular formula is C20H27N2O2+. The molecule has 0 aromatic heterocycles. The van der Waals surface area contributed by atoms with Crippen LogP contribution in [0.3, 0.4) is 0 Å². The molecule has 2 rings (SSSR count). The van der Waals surface area contributed by atoms with E-state index in [0.29, 0.717) is 19.1 Å². The van der Waals surface area contributed by atoms with Crippen LogP contribution < -0.4 is 15.4 Å². The lowest BCUT2D eigenvalue weighted by atomic mass is 9.96. The van der Waals surface area contributed by atoms with Crippen molar-refractivity contribution in [2.45, 2.75) is 26.8 Å². The number of anilines is 1. The van der Waals surface area contributed by atoms with Gasteiger partial charge in [0.2, 0.25) is 0 Å². The number of quaternary nitrogens is 1. The fraction of sp³-hybridized carbons (Fsp3) is 0.350. The van der Waals surface area contributed by atoms with Gasteiger partial charge in [0, 0.05) is 17.2 Å². The van der Waals surface area contributed by atoms with Crippen LogP contribution in [0.4, 0.5) is 5.69 Å². The zero-order valence-electron chi connectivity index (χ0n) is 14.7. The summed E-state index contributed by atoms with van der Waals surface area (Å²) in [6, 6.07) is 18.1. The maximum atomic E-state index is 12.2. The second-order valence-electron chi connectivity index (χ2n) is 6.13. The Morgan fingerprint density at radius 1 is 1.08 bits per heavy atom. The minimum Gasteiger partial charge on any atom is -0.494 e. The fourth-order valence-electron chi connectivity index (χ4n) is 2.72. The van der Waals surface area contributed by atoms with Crippen LogP contribution in [0.2, 0.25) is 0 Å². The number of ether oxygens (including phenoxy) is 1. The molecule has 0 heterocycles. The minimum absolute atomic E-state index is 0.000686. The molecule has 0 saturated heterocycles. The summed E-state index contributed by atoms with van der Waals surface area (Å²) in [6.07, 6.45) is 0. The summed E-state index contributed by atoms with van der Waals surface area (Å²) in [6.45, 7) is 7.34. The molecule has 3 N–H and O–H groups in total. The Bertz CT molecular complexity index is 624. The largest absolute Gasteiger partial charge is 0.494 e. The fourth-order valence-corrected chi connectivity index (χ4v) is 2.72. The molecule has 2 aromatic carbocycles. The van der Waals surface area contributed by atoms with Gasteiger partial charge >= 0.3 is 0 Å². The first-order chi connectivity index (χ1) is 11.6. The molecule has 1 amide bonds. The second kappa shape index (κ2) is 9.08. The molecule has 0 aliphatic heterocycles. The summed E-state index contributed by atoms with van der Waals surface area (Å²) in [5, 5.41) is 5.03. The molecule has 0 fully saturated rings. The summed E-state index contributed by atoms with van der Waals surface area (Å²) in [5.41, 5.74) is 2.04. The number of hydrogen-bond acceptors (Lipinski definition) is 2. The van der Waals surface area contributed by atoms with Gasteiger partial charge in [-0.1, -0.05) is 44.2 Å². The highest BCUT2D eigenvalue weighted by Gasteiger charge is 2.20. The number of carbonyl (C=O) groups is 1. The van der Waals surface area contributed by atoms with Crippen molar-refractivity contribution >= 4 is 11.6 Å². The lowest BCUT2D eigenvalue weighted by Gasteiger charge is -2.19. The molecule has 0 unspecified atom stereocenters. The van der Waals surface area contributed by atoms with Crippen LogP contribution in [0.25, 0.3) is 0 Å². The molecule has 0 radical (unpaired) electrons. The van der Waals surface area contributed by atoms with Crippen LogP contribution >= 0.6 is 0 Å². The monoisotopic (exact) mass is 327 g/mol. The highest BCUT2D eigenvalue weighted by Crippen LogP contribution is 2.17. The minimum atomic E-state index is 0.000686. The van der Waals surface area contributed by atoms with Crippen molar-refractivity contribution in [3.05, 3.63) is 60.2 Å². The molecule has 4 heteroatoms. The van der Waals surface area contributed by atoms with Crippen molar-refractivity contribution in [2.75, 3.05) is 18.5 Å². The van der Waals surface area contributed by atoms with Crippen molar-refractivity contribution in [3.63, 3.8) is 0 Å². The molecular weight excluding hydrogens is 300 g/mol. The van der Waals surface area contributed by atoms with E-state index in [4.69, 9.17) is 4.74 Å². The van der Waals surface area contributed by atoms with Crippen LogP contribution in [0, 0.1) is 5.92 Å². The third-order valence-electron chi connectivity index (χ3n) is 3.91. The summed E-state index contributed by atoms with van der Waals surface area (Å²) < 4.78 is 5.40. The Balaban J connectivity index is 1.89. The summed E-state index contributed by atoms with van der Waals surface area (Å²) >= 11 is 0. The van der Waals surface area contributed by atoms with Crippen molar-refractivity contribution in [3.8, 4) is 5.75 Å². The average Bonchev–Trinajstić information content (AvgIpc) is 2.58. The molecule has 0 bridgehead atoms. The Labute approximate surface area is 144 Å². The number of nitrogens with two attached hydrogens (primary N) is 1. The Hall–Kier alpha value is -2.33. The molecule has 0 aliphatic carbocycles. The highest BCUT2D eigenvalue weighted by atomic mass is 16.5. The number of benzene rings is 2. The first-order valence-electron chi connectivity index (χ1n) is 8.51. The van der Waals surface area contributed by atoms with Crippen LogP contribution in [0.15, 0.2) is 54.6 Å². The van der Waals surface area contributed by atoms with E-state index < -0.39 is 0 Å². The highest BCUT2D eigenvalue weighted by molar-refractivity contribution is 5.91. The van der Waals surface area contributed by atoms with E-state index in [1.54, 1.807) is 0 Å². The predicted molar refractivity (Wildman–Crippen MR) is 97.1 cm³/mol. The number of amides is 1. The van der Waals surface area contributed by atoms with Crippen molar-refractivity contribution in [2.24, 2.45) is 5.92 Å². The lowest BCUT2D eigenvalue weighted by molar-refractivity contribution is -0.692. The van der Waals surface area contributed by atoms with Gasteiger partial charge in [0.25, 0.3) is 5.91 Å². The van der Waals surface area contributed by atoms with Gasteiger partial charge in [-0.2, -0.15) is 0 Å². The van der Waals surface area contributed by atoms with Crippen LogP contribution in [0.5, 0.6) is 5.75 Å². The Morgan fingerprint density at radius 2 is 1.75 bits per heavy atom. The van der Waals surface area contributed by atoms with Gasteiger partial charge in [-0.05, 0) is 31.2 Å². The lowest BCUT2D eigenvalue weighted by Crippen LogP contribution is -2.88. The molecule has 0 aliphatic rings. The van der Waals surface area contributed by atoms with Crippen molar-refractivity contribution in [1.82, 2.24) is 0 Å². The van der Waals surface area contributed by atoms with Gasteiger partial charge in [-0.25, -0.2) is 0 Å². The summed E-state index contributed by atoms with van der Waals surface area (Å²) in [7, 11) is 0. The third-order valence-corrected chi connectivity index (χ3v) is 3.91. The second-order valence-corrected chi connectivity index (χ2v) is 6.13. The van der Waals surface area contributed by atoms with E-state index in [1.165, 1.54) is 5.56 Å². The molecule has 24 heavy (non-hydrogen) atoms. The van der Waals surface area contributed by atoms with Gasteiger partial charge in [-0.15, -0.1) is 0 Å². The van der Waals surface area contributed by atoms with Crippen molar-refractivity contribution in [1.29, 1.82) is 0 Å². The normalized spacial score (nSPS) is 12.0. The Morgan fingerprint density at radius 3 is 2.33 bits per heavy atom. The number of rotatable bonds is 8. The van der Waals surface area contributed by atoms with Gasteiger partial charge in [0.05, 0.1) is 6.61 Å². The van der Waals surface area contributed by atoms with E-state index in [0.717, 1.165) is 11.4 Å². The molecule has 4 nitrogen and oxygen atoms in total. The quantitative estimate of drug-likeness (QED) is 0.783. The van der Waals surface area contributed by atoms with Crippen LogP contribution in [0.1, 0.15) is 32.4 Å². The van der Waals surface area contributed by atoms with E-state index in [1.807, 2.05) is 49.4 Å². The maximum Gasteiger partial charge on any atom is 0.279 e. The molecule has 128 valence electrons. The predicted octanol–water partition coefficient (Wildman–Crippen LogP) is 2.98. The first kappa shape index (κ1) is 18.0. The zero-order chi connectivity index (χ0) is 17.4. The number of carbonyl (C=O) groups excluding carboxylic acids is 1. The number of hydrogen-bond donors (Lipinski definition) is 2. The van der Waals surface area contributed by atoms with Gasteiger partial charge in [-0.3, -0.25) is 4.79 Å². The Kier molecular flexibility index (Phi) is 6.82. The van der Waals surface area contributed by atoms with E-state index in [9.17, 15) is 4.79 Å². The van der Waals surface area contributed by atoms with E-state index in [2.05, 4.69) is 36.6 Å². The summed E-state index contributed by atoms with van der Waals surface area (Å²) in [5.74, 6) is 1.26. The third kappa shape index (κ3) is 5.39. The topological polar surface area (TPSA) is 54.9 Å². The molecule has 1 atom stereocenters. The molecule has 0 saturated carbocycles. The van der Waals surface area contributed by atoms with Crippen molar-refractivity contribution < 1.29 is 14.8 Å². The SMILES string of the molecule is CCOc1ccc(NC(=O)C[NH2+][C@@H](c2ccccc2)C(C)C)cc1. The molecule has 2 aromatic rings. The van der Waals surface area contributed by atoms with E-state index in [-0.39, 0.29) is 11.9 Å². The average molecular weight is 327 g/mol.